The zero-order valence-electron chi connectivity index (χ0n) is 12.9. The molecule has 1 aromatic heterocycles. The first-order valence-electron chi connectivity index (χ1n) is 8.33. The number of likely N-dealkylation sites (tertiary alicyclic amines) is 1. The van der Waals surface area contributed by atoms with Crippen molar-refractivity contribution in [2.75, 3.05) is 13.1 Å². The zero-order valence-corrected chi connectivity index (χ0v) is 14.5. The van der Waals surface area contributed by atoms with E-state index in [0.29, 0.717) is 0 Å². The smallest absolute Gasteiger partial charge is 0.115 e. The highest BCUT2D eigenvalue weighted by atomic mass is 79.9. The number of hydrogen-bond acceptors (Lipinski definition) is 3. The number of halogens is 1. The molecule has 0 radical (unpaired) electrons. The quantitative estimate of drug-likeness (QED) is 0.898. The summed E-state index contributed by atoms with van der Waals surface area (Å²) >= 11 is 3.59. The molecular formula is C16H26BrN3O. The Balaban J connectivity index is 1.94. The zero-order chi connectivity index (χ0) is 14.9. The Hall–Kier alpha value is -0.390. The largest absolute Gasteiger partial charge is 0.385 e. The molecule has 2 fully saturated rings. The molecule has 4 nitrogen and oxygen atoms in total. The lowest BCUT2D eigenvalue weighted by Gasteiger charge is -2.46. The van der Waals surface area contributed by atoms with Gasteiger partial charge in [0.15, 0.2) is 0 Å². The fraction of sp³-hybridized carbons (Fsp3) is 0.812. The van der Waals surface area contributed by atoms with Crippen LogP contribution in [0.1, 0.15) is 63.7 Å². The highest BCUT2D eigenvalue weighted by molar-refractivity contribution is 9.10. The van der Waals surface area contributed by atoms with Gasteiger partial charge in [-0.2, -0.15) is 5.10 Å². The van der Waals surface area contributed by atoms with E-state index in [1.54, 1.807) is 0 Å². The van der Waals surface area contributed by atoms with E-state index in [4.69, 9.17) is 0 Å². The Morgan fingerprint density at radius 2 is 1.90 bits per heavy atom. The summed E-state index contributed by atoms with van der Waals surface area (Å²) in [5, 5.41) is 15.7. The molecule has 0 bridgehead atoms. The van der Waals surface area contributed by atoms with E-state index in [1.807, 2.05) is 10.9 Å². The topological polar surface area (TPSA) is 41.3 Å². The van der Waals surface area contributed by atoms with Gasteiger partial charge >= 0.3 is 0 Å². The van der Waals surface area contributed by atoms with E-state index < -0.39 is 6.10 Å². The van der Waals surface area contributed by atoms with Crippen LogP contribution in [0, 0.1) is 0 Å². The molecule has 118 valence electrons. The van der Waals surface area contributed by atoms with Crippen molar-refractivity contribution in [2.24, 2.45) is 0 Å². The first-order valence-corrected chi connectivity index (χ1v) is 9.12. The van der Waals surface area contributed by atoms with Gasteiger partial charge in [0.05, 0.1) is 21.9 Å². The second kappa shape index (κ2) is 6.39. The van der Waals surface area contributed by atoms with E-state index in [2.05, 4.69) is 32.9 Å². The number of hydrogen-bond donors (Lipinski definition) is 1. The molecule has 1 saturated carbocycles. The Kier molecular flexibility index (Phi) is 4.71. The van der Waals surface area contributed by atoms with Gasteiger partial charge in [0.2, 0.25) is 0 Å². The van der Waals surface area contributed by atoms with Gasteiger partial charge in [-0.1, -0.05) is 19.3 Å². The van der Waals surface area contributed by atoms with E-state index in [0.717, 1.165) is 42.6 Å². The predicted octanol–water partition coefficient (Wildman–Crippen LogP) is 3.50. The molecule has 1 aromatic rings. The third-order valence-electron chi connectivity index (χ3n) is 5.36. The number of rotatable bonds is 4. The molecule has 1 atom stereocenters. The van der Waals surface area contributed by atoms with Crippen molar-refractivity contribution < 1.29 is 5.11 Å². The second-order valence-corrected chi connectivity index (χ2v) is 7.31. The van der Waals surface area contributed by atoms with Gasteiger partial charge in [0.25, 0.3) is 0 Å². The van der Waals surface area contributed by atoms with Crippen LogP contribution in [-0.2, 0) is 6.54 Å². The highest BCUT2D eigenvalue weighted by Crippen LogP contribution is 2.46. The number of aryl methyl sites for hydroxylation is 1. The van der Waals surface area contributed by atoms with Gasteiger partial charge in [-0.3, -0.25) is 9.58 Å². The summed E-state index contributed by atoms with van der Waals surface area (Å²) in [6.07, 6.45) is 9.91. The molecule has 21 heavy (non-hydrogen) atoms. The second-order valence-electron chi connectivity index (χ2n) is 6.45. The lowest BCUT2D eigenvalue weighted by Crippen LogP contribution is -2.53. The summed E-state index contributed by atoms with van der Waals surface area (Å²) in [5.41, 5.74) is 0.889. The molecular weight excluding hydrogens is 330 g/mol. The lowest BCUT2D eigenvalue weighted by atomic mass is 9.84. The van der Waals surface area contributed by atoms with Crippen molar-refractivity contribution in [1.29, 1.82) is 0 Å². The van der Waals surface area contributed by atoms with Crippen LogP contribution < -0.4 is 0 Å². The summed E-state index contributed by atoms with van der Waals surface area (Å²) in [6, 6.07) is 0. The minimum absolute atomic E-state index is 0.0735. The van der Waals surface area contributed by atoms with E-state index in [1.165, 1.54) is 32.1 Å². The molecule has 0 spiro atoms. The number of nitrogens with zero attached hydrogens (tertiary/aromatic N) is 3. The van der Waals surface area contributed by atoms with Crippen LogP contribution in [0.3, 0.4) is 0 Å². The van der Waals surface area contributed by atoms with Gasteiger partial charge in [-0.05, 0) is 61.6 Å². The Labute approximate surface area is 135 Å². The molecule has 1 unspecified atom stereocenters. The van der Waals surface area contributed by atoms with E-state index >= 15 is 0 Å². The predicted molar refractivity (Wildman–Crippen MR) is 87.2 cm³/mol. The van der Waals surface area contributed by atoms with Crippen LogP contribution in [0.5, 0.6) is 0 Å². The number of aliphatic hydroxyl groups excluding tert-OH is 1. The fourth-order valence-electron chi connectivity index (χ4n) is 4.24. The number of aliphatic hydroxyl groups is 1. The summed E-state index contributed by atoms with van der Waals surface area (Å²) in [4.78, 5) is 2.58. The van der Waals surface area contributed by atoms with Crippen molar-refractivity contribution in [2.45, 2.75) is 70.1 Å². The summed E-state index contributed by atoms with van der Waals surface area (Å²) in [7, 11) is 0. The van der Waals surface area contributed by atoms with Gasteiger partial charge in [-0.25, -0.2) is 0 Å². The Morgan fingerprint density at radius 3 is 2.52 bits per heavy atom. The maximum atomic E-state index is 11.3. The van der Waals surface area contributed by atoms with Crippen LogP contribution in [0.15, 0.2) is 10.7 Å². The first-order chi connectivity index (χ1) is 10.2. The standard InChI is InChI=1S/C16H26BrN3O/c1-2-20-14(13(17)12-18-20)15(21)16(8-4-5-9-16)19-10-6-3-7-11-19/h12,15,21H,2-11H2,1H3. The highest BCUT2D eigenvalue weighted by Gasteiger charge is 2.47. The average molecular weight is 356 g/mol. The van der Waals surface area contributed by atoms with Crippen molar-refractivity contribution in [3.05, 3.63) is 16.4 Å². The van der Waals surface area contributed by atoms with E-state index in [-0.39, 0.29) is 5.54 Å². The monoisotopic (exact) mass is 355 g/mol. The molecule has 2 heterocycles. The number of aromatic nitrogens is 2. The van der Waals surface area contributed by atoms with Crippen molar-refractivity contribution >= 4 is 15.9 Å². The molecule has 3 rings (SSSR count). The maximum Gasteiger partial charge on any atom is 0.115 e. The molecule has 0 amide bonds. The van der Waals surface area contributed by atoms with Crippen molar-refractivity contribution in [3.63, 3.8) is 0 Å². The average Bonchev–Trinajstić information content (AvgIpc) is 3.15. The molecule has 0 aromatic carbocycles. The third-order valence-corrected chi connectivity index (χ3v) is 5.97. The van der Waals surface area contributed by atoms with Gasteiger partial charge in [-0.15, -0.1) is 0 Å². The molecule has 1 aliphatic carbocycles. The summed E-state index contributed by atoms with van der Waals surface area (Å²) in [5.74, 6) is 0. The Morgan fingerprint density at radius 1 is 1.24 bits per heavy atom. The third kappa shape index (κ3) is 2.68. The van der Waals surface area contributed by atoms with Gasteiger partial charge in [0, 0.05) is 6.54 Å². The van der Waals surface area contributed by atoms with Crippen LogP contribution >= 0.6 is 15.9 Å². The van der Waals surface area contributed by atoms with Crippen LogP contribution in [-0.4, -0.2) is 38.4 Å². The minimum Gasteiger partial charge on any atom is -0.385 e. The van der Waals surface area contributed by atoms with Crippen LogP contribution in [0.4, 0.5) is 0 Å². The lowest BCUT2D eigenvalue weighted by molar-refractivity contribution is -0.0447. The molecule has 1 aliphatic heterocycles. The summed E-state index contributed by atoms with van der Waals surface area (Å²) < 4.78 is 2.89. The number of piperidine rings is 1. The normalized spacial score (nSPS) is 24.3. The SMILES string of the molecule is CCn1ncc(Br)c1C(O)C1(N2CCCCC2)CCCC1. The van der Waals surface area contributed by atoms with E-state index in [9.17, 15) is 5.11 Å². The van der Waals surface area contributed by atoms with Gasteiger partial charge in [0.1, 0.15) is 6.10 Å². The van der Waals surface area contributed by atoms with Crippen molar-refractivity contribution in [1.82, 2.24) is 14.7 Å². The molecule has 1 N–H and O–H groups in total. The van der Waals surface area contributed by atoms with Crippen LogP contribution in [0.2, 0.25) is 0 Å². The maximum absolute atomic E-state index is 11.3. The molecule has 5 heteroatoms. The molecule has 1 saturated heterocycles. The molecule has 2 aliphatic rings. The Bertz CT molecular complexity index is 476. The summed E-state index contributed by atoms with van der Waals surface area (Å²) in [6.45, 7) is 5.15. The fourth-order valence-corrected chi connectivity index (χ4v) is 4.75. The first kappa shape index (κ1) is 15.5. The minimum atomic E-state index is -0.449. The van der Waals surface area contributed by atoms with Crippen LogP contribution in [0.25, 0.3) is 0 Å². The van der Waals surface area contributed by atoms with Gasteiger partial charge < -0.3 is 5.11 Å². The van der Waals surface area contributed by atoms with Crippen molar-refractivity contribution in [3.8, 4) is 0 Å².